The molecule has 0 aliphatic rings. The van der Waals surface area contributed by atoms with Gasteiger partial charge in [-0.25, -0.2) is 4.79 Å². The van der Waals surface area contributed by atoms with Crippen molar-refractivity contribution in [3.05, 3.63) is 59.1 Å². The molecule has 23 heavy (non-hydrogen) atoms. The lowest BCUT2D eigenvalue weighted by Crippen LogP contribution is -2.41. The second kappa shape index (κ2) is 8.41. The summed E-state index contributed by atoms with van der Waals surface area (Å²) in [6, 6.07) is 13.8. The number of nitrogens with one attached hydrogen (secondary N) is 2. The second-order valence-electron chi connectivity index (χ2n) is 5.01. The number of ether oxygens (including phenoxy) is 1. The molecule has 0 saturated heterocycles. The molecule has 0 radical (unpaired) electrons. The van der Waals surface area contributed by atoms with Gasteiger partial charge in [-0.3, -0.25) is 0 Å². The highest BCUT2D eigenvalue weighted by atomic mass is 35.5. The SMILES string of the molecule is COc1ccc(Cl)c(NC(=O)N[C@@H](CO)Cc2ccccc2)c1. The molecule has 0 bridgehead atoms. The molecule has 0 saturated carbocycles. The number of hydrogen-bond acceptors (Lipinski definition) is 3. The number of benzene rings is 2. The predicted octanol–water partition coefficient (Wildman–Crippen LogP) is 3.07. The summed E-state index contributed by atoms with van der Waals surface area (Å²) in [5.41, 5.74) is 1.48. The summed E-state index contributed by atoms with van der Waals surface area (Å²) >= 11 is 6.05. The molecule has 6 heteroatoms. The molecule has 0 unspecified atom stereocenters. The van der Waals surface area contributed by atoms with E-state index in [0.717, 1.165) is 5.56 Å². The molecule has 2 rings (SSSR count). The average molecular weight is 335 g/mol. The third-order valence-corrected chi connectivity index (χ3v) is 3.63. The van der Waals surface area contributed by atoms with Crippen molar-refractivity contribution in [3.8, 4) is 5.75 Å². The number of urea groups is 1. The van der Waals surface area contributed by atoms with Crippen LogP contribution in [0.25, 0.3) is 0 Å². The molecule has 122 valence electrons. The van der Waals surface area contributed by atoms with E-state index in [4.69, 9.17) is 16.3 Å². The lowest BCUT2D eigenvalue weighted by atomic mass is 10.1. The summed E-state index contributed by atoms with van der Waals surface area (Å²) < 4.78 is 5.10. The number of amides is 2. The van der Waals surface area contributed by atoms with Gasteiger partial charge in [0.2, 0.25) is 0 Å². The molecular weight excluding hydrogens is 316 g/mol. The Labute approximate surface area is 140 Å². The van der Waals surface area contributed by atoms with E-state index in [2.05, 4.69) is 10.6 Å². The zero-order valence-electron chi connectivity index (χ0n) is 12.8. The van der Waals surface area contributed by atoms with Crippen LogP contribution in [0.2, 0.25) is 5.02 Å². The van der Waals surface area contributed by atoms with E-state index in [9.17, 15) is 9.90 Å². The van der Waals surface area contributed by atoms with Gasteiger partial charge in [0.05, 0.1) is 30.5 Å². The Bertz CT molecular complexity index is 650. The van der Waals surface area contributed by atoms with Crippen LogP contribution < -0.4 is 15.4 Å². The number of methoxy groups -OCH3 is 1. The van der Waals surface area contributed by atoms with Crippen molar-refractivity contribution in [1.82, 2.24) is 5.32 Å². The fourth-order valence-corrected chi connectivity index (χ4v) is 2.30. The number of hydrogen-bond donors (Lipinski definition) is 3. The molecule has 1 atom stereocenters. The van der Waals surface area contributed by atoms with E-state index in [-0.39, 0.29) is 12.6 Å². The van der Waals surface area contributed by atoms with Crippen LogP contribution >= 0.6 is 11.6 Å². The summed E-state index contributed by atoms with van der Waals surface area (Å²) in [7, 11) is 1.54. The maximum absolute atomic E-state index is 12.1. The fraction of sp³-hybridized carbons (Fsp3) is 0.235. The third-order valence-electron chi connectivity index (χ3n) is 3.30. The van der Waals surface area contributed by atoms with E-state index in [1.807, 2.05) is 30.3 Å². The zero-order chi connectivity index (χ0) is 16.7. The quantitative estimate of drug-likeness (QED) is 0.760. The number of halogens is 1. The monoisotopic (exact) mass is 334 g/mol. The van der Waals surface area contributed by atoms with Gasteiger partial charge in [0.1, 0.15) is 5.75 Å². The molecule has 0 aromatic heterocycles. The van der Waals surface area contributed by atoms with E-state index >= 15 is 0 Å². The minimum atomic E-state index is -0.435. The minimum Gasteiger partial charge on any atom is -0.497 e. The summed E-state index contributed by atoms with van der Waals surface area (Å²) in [5.74, 6) is 0.590. The molecule has 2 aromatic rings. The van der Waals surface area contributed by atoms with E-state index < -0.39 is 6.03 Å². The minimum absolute atomic E-state index is 0.159. The average Bonchev–Trinajstić information content (AvgIpc) is 2.57. The Morgan fingerprint density at radius 3 is 2.65 bits per heavy atom. The lowest BCUT2D eigenvalue weighted by molar-refractivity contribution is 0.224. The van der Waals surface area contributed by atoms with Crippen molar-refractivity contribution in [2.24, 2.45) is 0 Å². The van der Waals surface area contributed by atoms with Crippen LogP contribution in [0.1, 0.15) is 5.56 Å². The van der Waals surface area contributed by atoms with Gasteiger partial charge >= 0.3 is 6.03 Å². The van der Waals surface area contributed by atoms with Gasteiger partial charge in [0.25, 0.3) is 0 Å². The Kier molecular flexibility index (Phi) is 6.26. The van der Waals surface area contributed by atoms with Gasteiger partial charge in [0.15, 0.2) is 0 Å². The van der Waals surface area contributed by atoms with E-state index in [0.29, 0.717) is 22.9 Å². The van der Waals surface area contributed by atoms with Crippen LogP contribution in [0.5, 0.6) is 5.75 Å². The van der Waals surface area contributed by atoms with Gasteiger partial charge in [-0.1, -0.05) is 41.9 Å². The van der Waals surface area contributed by atoms with Crippen molar-refractivity contribution < 1.29 is 14.6 Å². The lowest BCUT2D eigenvalue weighted by Gasteiger charge is -2.17. The maximum Gasteiger partial charge on any atom is 0.319 e. The van der Waals surface area contributed by atoms with E-state index in [1.165, 1.54) is 7.11 Å². The summed E-state index contributed by atoms with van der Waals surface area (Å²) in [4.78, 5) is 12.1. The van der Waals surface area contributed by atoms with Crippen LogP contribution in [-0.2, 0) is 6.42 Å². The highest BCUT2D eigenvalue weighted by Gasteiger charge is 2.13. The highest BCUT2D eigenvalue weighted by molar-refractivity contribution is 6.33. The van der Waals surface area contributed by atoms with Gasteiger partial charge in [-0.15, -0.1) is 0 Å². The summed E-state index contributed by atoms with van der Waals surface area (Å²) in [6.07, 6.45) is 0.538. The first-order valence-corrected chi connectivity index (χ1v) is 7.56. The normalized spacial score (nSPS) is 11.6. The van der Waals surface area contributed by atoms with Crippen LogP contribution in [0.3, 0.4) is 0 Å². The predicted molar refractivity (Wildman–Crippen MR) is 91.2 cm³/mol. The standard InChI is InChI=1S/C17H19ClN2O3/c1-23-14-7-8-15(18)16(10-14)20-17(22)19-13(11-21)9-12-5-3-2-4-6-12/h2-8,10,13,21H,9,11H2,1H3,(H2,19,20,22)/t13-/m1/s1. The third kappa shape index (κ3) is 5.16. The van der Waals surface area contributed by atoms with E-state index in [1.54, 1.807) is 18.2 Å². The first kappa shape index (κ1) is 17.1. The van der Waals surface area contributed by atoms with Crippen LogP contribution in [0.4, 0.5) is 10.5 Å². The molecule has 3 N–H and O–H groups in total. The van der Waals surface area contributed by atoms with Gasteiger partial charge < -0.3 is 20.5 Å². The van der Waals surface area contributed by atoms with Crippen LogP contribution in [-0.4, -0.2) is 30.9 Å². The molecule has 2 amide bonds. The number of carbonyl (C=O) groups is 1. The van der Waals surface area contributed by atoms with Crippen molar-refractivity contribution in [3.63, 3.8) is 0 Å². The largest absolute Gasteiger partial charge is 0.497 e. The molecule has 0 heterocycles. The molecule has 5 nitrogen and oxygen atoms in total. The topological polar surface area (TPSA) is 70.6 Å². The van der Waals surface area contributed by atoms with Crippen LogP contribution in [0, 0.1) is 0 Å². The van der Waals surface area contributed by atoms with Crippen LogP contribution in [0.15, 0.2) is 48.5 Å². The first-order chi connectivity index (χ1) is 11.1. The highest BCUT2D eigenvalue weighted by Crippen LogP contribution is 2.26. The Hall–Kier alpha value is -2.24. The van der Waals surface area contributed by atoms with Gasteiger partial charge in [0, 0.05) is 6.07 Å². The van der Waals surface area contributed by atoms with Crippen molar-refractivity contribution in [2.45, 2.75) is 12.5 Å². The zero-order valence-corrected chi connectivity index (χ0v) is 13.5. The number of carbonyl (C=O) groups excluding carboxylic acids is 1. The number of aliphatic hydroxyl groups excluding tert-OH is 1. The Morgan fingerprint density at radius 2 is 2.00 bits per heavy atom. The number of rotatable bonds is 6. The molecule has 0 aliphatic heterocycles. The number of anilines is 1. The summed E-state index contributed by atoms with van der Waals surface area (Å²) in [6.45, 7) is -0.159. The Morgan fingerprint density at radius 1 is 1.26 bits per heavy atom. The fourth-order valence-electron chi connectivity index (χ4n) is 2.13. The van der Waals surface area contributed by atoms with Gasteiger partial charge in [-0.2, -0.15) is 0 Å². The molecule has 0 spiro atoms. The second-order valence-corrected chi connectivity index (χ2v) is 5.42. The molecule has 0 fully saturated rings. The molecule has 2 aromatic carbocycles. The van der Waals surface area contributed by atoms with Crippen molar-refractivity contribution >= 4 is 23.3 Å². The summed E-state index contributed by atoms with van der Waals surface area (Å²) in [5, 5.41) is 15.2. The smallest absolute Gasteiger partial charge is 0.319 e. The number of aliphatic hydroxyl groups is 1. The van der Waals surface area contributed by atoms with Crippen molar-refractivity contribution in [2.75, 3.05) is 19.0 Å². The van der Waals surface area contributed by atoms with Gasteiger partial charge in [-0.05, 0) is 24.1 Å². The maximum atomic E-state index is 12.1. The van der Waals surface area contributed by atoms with Crippen molar-refractivity contribution in [1.29, 1.82) is 0 Å². The first-order valence-electron chi connectivity index (χ1n) is 7.18. The Balaban J connectivity index is 1.97. The molecule has 0 aliphatic carbocycles. The molecular formula is C17H19ClN2O3.